The fourth-order valence-electron chi connectivity index (χ4n) is 6.55. The fraction of sp³-hybridized carbons (Fsp3) is 0.368. The van der Waals surface area contributed by atoms with Crippen LogP contribution in [-0.4, -0.2) is 103 Å². The highest BCUT2D eigenvalue weighted by Crippen LogP contribution is 2.38. The summed E-state index contributed by atoms with van der Waals surface area (Å²) in [6, 6.07) is 6.31. The Morgan fingerprint density at radius 3 is 2.48 bits per heavy atom. The largest absolute Gasteiger partial charge is 0.493 e. The lowest BCUT2D eigenvalue weighted by atomic mass is 10.1. The van der Waals surface area contributed by atoms with E-state index in [2.05, 4.69) is 37.8 Å². The molecule has 4 aromatic rings. The number of aromatic nitrogens is 4. The van der Waals surface area contributed by atoms with E-state index in [4.69, 9.17) is 14.6 Å². The van der Waals surface area contributed by atoms with Crippen molar-refractivity contribution in [2.45, 2.75) is 38.0 Å². The molecule has 6 N–H and O–H groups in total. The van der Waals surface area contributed by atoms with Crippen LogP contribution >= 0.6 is 0 Å². The molecule has 1 unspecified atom stereocenters. The maximum Gasteiger partial charge on any atom is 0.291 e. The second kappa shape index (κ2) is 17.1. The molecule has 1 aromatic carbocycles. The number of aliphatic imine (C=N–C) groups is 1. The van der Waals surface area contributed by atoms with Crippen molar-refractivity contribution in [2.75, 3.05) is 49.4 Å². The van der Waals surface area contributed by atoms with Crippen LogP contribution in [0.15, 0.2) is 60.0 Å². The monoisotopic (exact) mass is 770 g/mol. The summed E-state index contributed by atoms with van der Waals surface area (Å²) in [4.78, 5) is 62.9. The Balaban J connectivity index is 0.991. The molecule has 1 saturated heterocycles. The van der Waals surface area contributed by atoms with E-state index in [-0.39, 0.29) is 54.8 Å². The number of nitrogens with zero attached hydrogens (tertiary/aromatic N) is 6. The molecule has 18 heteroatoms. The third kappa shape index (κ3) is 8.83. The number of carbonyl (C=O) groups is 4. The van der Waals surface area contributed by atoms with Gasteiger partial charge in [0.2, 0.25) is 11.7 Å². The van der Waals surface area contributed by atoms with Crippen molar-refractivity contribution in [2.24, 2.45) is 26.1 Å². The second-order valence-corrected chi connectivity index (χ2v) is 13.6. The van der Waals surface area contributed by atoms with Gasteiger partial charge in [0.1, 0.15) is 11.9 Å². The average molecular weight is 771 g/mol. The van der Waals surface area contributed by atoms with Gasteiger partial charge in [-0.25, -0.2) is 4.98 Å². The molecular weight excluding hydrogens is 724 g/mol. The zero-order chi connectivity index (χ0) is 40.1. The van der Waals surface area contributed by atoms with E-state index in [0.29, 0.717) is 72.2 Å². The van der Waals surface area contributed by atoms with E-state index in [0.717, 1.165) is 5.57 Å². The van der Waals surface area contributed by atoms with Crippen molar-refractivity contribution in [3.05, 3.63) is 77.8 Å². The third-order valence-corrected chi connectivity index (χ3v) is 9.35. The number of ether oxygens (including phenoxy) is 2. The minimum atomic E-state index is -0.984. The van der Waals surface area contributed by atoms with Gasteiger partial charge < -0.3 is 54.2 Å². The first-order chi connectivity index (χ1) is 26.8. The number of imidazole rings is 1. The Kier molecular flexibility index (Phi) is 12.0. The van der Waals surface area contributed by atoms with Gasteiger partial charge in [-0.15, -0.1) is 0 Å². The lowest BCUT2D eigenvalue weighted by molar-refractivity contribution is -0.116. The van der Waals surface area contributed by atoms with Crippen LogP contribution < -0.4 is 30.7 Å². The second-order valence-electron chi connectivity index (χ2n) is 13.6. The van der Waals surface area contributed by atoms with Crippen molar-refractivity contribution in [1.29, 1.82) is 0 Å². The summed E-state index contributed by atoms with van der Waals surface area (Å²) in [5.74, 6) is -0.465. The molecule has 56 heavy (non-hydrogen) atoms. The van der Waals surface area contributed by atoms with Crippen LogP contribution in [0.1, 0.15) is 69.1 Å². The summed E-state index contributed by atoms with van der Waals surface area (Å²) in [5, 5.41) is 30.5. The van der Waals surface area contributed by atoms with Gasteiger partial charge in [0, 0.05) is 78.1 Å². The van der Waals surface area contributed by atoms with Gasteiger partial charge >= 0.3 is 0 Å². The summed E-state index contributed by atoms with van der Waals surface area (Å²) in [6.07, 6.45) is 7.15. The summed E-state index contributed by atoms with van der Waals surface area (Å²) in [5.41, 5.74) is 3.49. The summed E-state index contributed by atoms with van der Waals surface area (Å²) < 4.78 is 16.2. The topological polar surface area (TPSA) is 219 Å². The van der Waals surface area contributed by atoms with Gasteiger partial charge in [0.05, 0.1) is 48.1 Å². The molecule has 2 aliphatic rings. The van der Waals surface area contributed by atoms with Crippen LogP contribution in [0.4, 0.5) is 22.9 Å². The first-order valence-electron chi connectivity index (χ1n) is 18.0. The van der Waals surface area contributed by atoms with Gasteiger partial charge in [-0.2, -0.15) is 0 Å². The molecule has 0 aliphatic carbocycles. The van der Waals surface area contributed by atoms with Crippen molar-refractivity contribution >= 4 is 52.7 Å². The number of hydrogen-bond acceptors (Lipinski definition) is 11. The number of rotatable bonds is 16. The first-order valence-corrected chi connectivity index (χ1v) is 18.0. The Morgan fingerprint density at radius 2 is 1.71 bits per heavy atom. The number of carbonyl (C=O) groups excluding carboxylic acids is 4. The summed E-state index contributed by atoms with van der Waals surface area (Å²) in [6.45, 7) is 5.10. The Labute approximate surface area is 322 Å². The van der Waals surface area contributed by atoms with E-state index in [1.165, 1.54) is 23.9 Å². The maximum absolute atomic E-state index is 13.2. The molecule has 3 aromatic heterocycles. The minimum Gasteiger partial charge on any atom is -0.493 e. The van der Waals surface area contributed by atoms with Crippen molar-refractivity contribution in [1.82, 2.24) is 28.9 Å². The number of benzene rings is 1. The molecule has 296 valence electrons. The molecule has 0 bridgehead atoms. The normalized spacial score (nSPS) is 15.2. The Hall–Kier alpha value is -6.24. The fourth-order valence-corrected chi connectivity index (χ4v) is 6.55. The van der Waals surface area contributed by atoms with Gasteiger partial charge in [0.25, 0.3) is 17.7 Å². The maximum atomic E-state index is 13.2. The average Bonchev–Trinajstić information content (AvgIpc) is 3.91. The number of aliphatic hydroxyl groups excluding tert-OH is 2. The van der Waals surface area contributed by atoms with Crippen LogP contribution in [0.2, 0.25) is 0 Å². The van der Waals surface area contributed by atoms with Crippen LogP contribution in [0.5, 0.6) is 11.5 Å². The zero-order valence-electron chi connectivity index (χ0n) is 31.7. The summed E-state index contributed by atoms with van der Waals surface area (Å²) >= 11 is 0. The molecule has 2 atom stereocenters. The lowest BCUT2D eigenvalue weighted by Crippen LogP contribution is -2.35. The van der Waals surface area contributed by atoms with E-state index in [1.807, 2.05) is 0 Å². The van der Waals surface area contributed by atoms with E-state index < -0.39 is 18.0 Å². The number of fused-ring (bicyclic) bond motifs is 2. The number of aryl methyl sites for hydroxylation is 3. The number of methoxy groups -OCH3 is 1. The molecule has 0 saturated carbocycles. The van der Waals surface area contributed by atoms with Crippen LogP contribution in [0.3, 0.4) is 0 Å². The molecular formula is C38H46N10O8. The molecule has 1 fully saturated rings. The predicted octanol–water partition coefficient (Wildman–Crippen LogP) is 2.86. The van der Waals surface area contributed by atoms with Gasteiger partial charge in [0.15, 0.2) is 17.3 Å². The van der Waals surface area contributed by atoms with E-state index in [9.17, 15) is 24.3 Å². The van der Waals surface area contributed by atoms with Gasteiger partial charge in [-0.05, 0) is 37.5 Å². The zero-order valence-corrected chi connectivity index (χ0v) is 31.7. The number of amides is 4. The smallest absolute Gasteiger partial charge is 0.291 e. The number of nitrogens with one attached hydrogen (secondary N) is 4. The molecule has 5 heterocycles. The Bertz CT molecular complexity index is 2180. The van der Waals surface area contributed by atoms with E-state index >= 15 is 0 Å². The van der Waals surface area contributed by atoms with Crippen molar-refractivity contribution in [3.8, 4) is 11.5 Å². The van der Waals surface area contributed by atoms with Crippen LogP contribution in [0, 0.1) is 0 Å². The molecule has 0 radical (unpaired) electrons. The molecule has 6 rings (SSSR count). The quantitative estimate of drug-likeness (QED) is 0.0556. The third-order valence-electron chi connectivity index (χ3n) is 9.35. The minimum absolute atomic E-state index is 0.00209. The highest BCUT2D eigenvalue weighted by molar-refractivity contribution is 6.06. The SMILES string of the molecule is C=C1C[C@@H]2C=Nc3cc(OCCCC(=O)Nc4cn(C)c(C(=O)Nc5cc(C(=O)Nc6cc(C(O)NCCCO)n(C)c6)n(C)c5)n4)c(OC)cc3C(=O)N2C1. The molecule has 18 nitrogen and oxygen atoms in total. The van der Waals surface area contributed by atoms with E-state index in [1.54, 1.807) is 72.0 Å². The standard InChI is InChI=1S/C38H46N10O8/c1-22-12-25-17-40-27-16-31(30(55-5)15-26(27)38(54)48(25)18-22)56-11-6-8-33(50)43-32-21-47(4)34(44-32)37(53)42-24-14-29(46(3)20-24)36(52)41-23-13-28(45(2)19-23)35(51)39-9-7-10-49/h13-17,19-21,25,35,39,49,51H,1,6-12,18H2,2-5H3,(H,41,52)(H,42,53)(H,43,50)/t25-,35?/m1/s1. The Morgan fingerprint density at radius 1 is 0.964 bits per heavy atom. The lowest BCUT2D eigenvalue weighted by Gasteiger charge is -2.20. The molecule has 4 amide bonds. The van der Waals surface area contributed by atoms with Gasteiger partial charge in [-0.1, -0.05) is 12.2 Å². The molecule has 0 spiro atoms. The summed E-state index contributed by atoms with van der Waals surface area (Å²) in [7, 11) is 6.51. The van der Waals surface area contributed by atoms with Crippen molar-refractivity contribution < 1.29 is 38.9 Å². The highest BCUT2D eigenvalue weighted by Gasteiger charge is 2.34. The number of hydrogen-bond donors (Lipinski definition) is 6. The van der Waals surface area contributed by atoms with Crippen molar-refractivity contribution in [3.63, 3.8) is 0 Å². The number of anilines is 3. The van der Waals surface area contributed by atoms with Crippen LogP contribution in [0.25, 0.3) is 0 Å². The molecule has 2 aliphatic heterocycles. The first kappa shape index (κ1) is 39.5. The van der Waals surface area contributed by atoms with Gasteiger partial charge in [-0.3, -0.25) is 29.5 Å². The van der Waals surface area contributed by atoms with Crippen LogP contribution in [-0.2, 0) is 25.9 Å². The number of aliphatic hydroxyl groups is 2. The predicted molar refractivity (Wildman–Crippen MR) is 208 cm³/mol. The highest BCUT2D eigenvalue weighted by atomic mass is 16.5.